The molecule has 0 unspecified atom stereocenters. The number of amides is 2. The van der Waals surface area contributed by atoms with E-state index in [-0.39, 0.29) is 24.7 Å². The summed E-state index contributed by atoms with van der Waals surface area (Å²) in [6.45, 7) is 4.75. The van der Waals surface area contributed by atoms with Crippen molar-refractivity contribution >= 4 is 23.5 Å². The molecular weight excluding hydrogens is 272 g/mol. The maximum Gasteiger partial charge on any atom is 0.305 e. The van der Waals surface area contributed by atoms with Crippen molar-refractivity contribution in [3.05, 3.63) is 29.8 Å². The predicted molar refractivity (Wildman–Crippen MR) is 78.9 cm³/mol. The molecule has 1 rings (SSSR count). The van der Waals surface area contributed by atoms with E-state index >= 15 is 0 Å². The van der Waals surface area contributed by atoms with E-state index in [1.165, 1.54) is 6.92 Å². The first-order chi connectivity index (χ1) is 9.68. The van der Waals surface area contributed by atoms with Gasteiger partial charge in [0.15, 0.2) is 0 Å². The lowest BCUT2D eigenvalue weighted by Crippen LogP contribution is -2.45. The Hall–Kier alpha value is -2.37. The van der Waals surface area contributed by atoms with Crippen LogP contribution in [0.3, 0.4) is 0 Å². The van der Waals surface area contributed by atoms with Crippen molar-refractivity contribution in [1.82, 2.24) is 5.32 Å². The summed E-state index contributed by atoms with van der Waals surface area (Å²) in [7, 11) is 0. The summed E-state index contributed by atoms with van der Waals surface area (Å²) in [6.07, 6.45) is 0.0175. The van der Waals surface area contributed by atoms with E-state index in [4.69, 9.17) is 5.11 Å². The standard InChI is InChI=1S/C15H20N2O4/c1-10(18)16-12-6-4-11(5-7-12)8-13(19)17-15(2,3)9-14(20)21/h4-7H,8-9H2,1-3H3,(H,16,18)(H,17,19)(H,20,21). The number of aliphatic carboxylic acids is 1. The van der Waals surface area contributed by atoms with Crippen LogP contribution in [0.25, 0.3) is 0 Å². The van der Waals surface area contributed by atoms with Gasteiger partial charge in [0.05, 0.1) is 12.8 Å². The van der Waals surface area contributed by atoms with Crippen LogP contribution in [0.1, 0.15) is 32.8 Å². The summed E-state index contributed by atoms with van der Waals surface area (Å²) >= 11 is 0. The van der Waals surface area contributed by atoms with E-state index < -0.39 is 11.5 Å². The molecule has 0 saturated heterocycles. The zero-order valence-corrected chi connectivity index (χ0v) is 12.4. The molecule has 0 aliphatic carbocycles. The van der Waals surface area contributed by atoms with Crippen LogP contribution in [-0.2, 0) is 20.8 Å². The summed E-state index contributed by atoms with van der Waals surface area (Å²) in [5.41, 5.74) is 0.657. The summed E-state index contributed by atoms with van der Waals surface area (Å²) in [6, 6.07) is 6.92. The van der Waals surface area contributed by atoms with Crippen molar-refractivity contribution in [2.45, 2.75) is 39.2 Å². The fourth-order valence-electron chi connectivity index (χ4n) is 1.94. The van der Waals surface area contributed by atoms with Gasteiger partial charge in [0, 0.05) is 18.2 Å². The van der Waals surface area contributed by atoms with Gasteiger partial charge in [-0.25, -0.2) is 0 Å². The summed E-state index contributed by atoms with van der Waals surface area (Å²) < 4.78 is 0. The number of nitrogens with one attached hydrogen (secondary N) is 2. The Bertz CT molecular complexity index is 535. The minimum absolute atomic E-state index is 0.139. The lowest BCUT2D eigenvalue weighted by atomic mass is 10.00. The monoisotopic (exact) mass is 292 g/mol. The molecule has 114 valence electrons. The number of rotatable bonds is 6. The molecule has 0 heterocycles. The molecular formula is C15H20N2O4. The van der Waals surface area contributed by atoms with Gasteiger partial charge >= 0.3 is 5.97 Å². The van der Waals surface area contributed by atoms with E-state index in [0.717, 1.165) is 5.56 Å². The maximum absolute atomic E-state index is 11.9. The first kappa shape index (κ1) is 16.7. The highest BCUT2D eigenvalue weighted by Gasteiger charge is 2.23. The van der Waals surface area contributed by atoms with Crippen molar-refractivity contribution in [2.24, 2.45) is 0 Å². The second kappa shape index (κ2) is 6.88. The lowest BCUT2D eigenvalue weighted by molar-refractivity contribution is -0.138. The number of carbonyl (C=O) groups is 3. The number of hydrogen-bond donors (Lipinski definition) is 3. The van der Waals surface area contributed by atoms with Crippen LogP contribution in [0, 0.1) is 0 Å². The van der Waals surface area contributed by atoms with Crippen molar-refractivity contribution in [2.75, 3.05) is 5.32 Å². The normalized spacial score (nSPS) is 10.8. The highest BCUT2D eigenvalue weighted by atomic mass is 16.4. The number of hydrogen-bond acceptors (Lipinski definition) is 3. The number of anilines is 1. The van der Waals surface area contributed by atoms with Gasteiger partial charge in [-0.05, 0) is 31.5 Å². The molecule has 0 spiro atoms. The highest BCUT2D eigenvalue weighted by molar-refractivity contribution is 5.88. The van der Waals surface area contributed by atoms with Crippen LogP contribution >= 0.6 is 0 Å². The minimum atomic E-state index is -0.958. The Balaban J connectivity index is 2.58. The fraction of sp³-hybridized carbons (Fsp3) is 0.400. The number of carbonyl (C=O) groups excluding carboxylic acids is 2. The van der Waals surface area contributed by atoms with Gasteiger partial charge < -0.3 is 15.7 Å². The van der Waals surface area contributed by atoms with E-state index in [9.17, 15) is 14.4 Å². The average molecular weight is 292 g/mol. The quantitative estimate of drug-likeness (QED) is 0.741. The van der Waals surface area contributed by atoms with Crippen LogP contribution in [0.4, 0.5) is 5.69 Å². The lowest BCUT2D eigenvalue weighted by Gasteiger charge is -2.24. The topological polar surface area (TPSA) is 95.5 Å². The molecule has 2 amide bonds. The van der Waals surface area contributed by atoms with E-state index in [0.29, 0.717) is 5.69 Å². The Morgan fingerprint density at radius 2 is 1.71 bits per heavy atom. The molecule has 1 aromatic rings. The molecule has 0 radical (unpaired) electrons. The second-order valence-corrected chi connectivity index (χ2v) is 5.56. The van der Waals surface area contributed by atoms with Crippen LogP contribution < -0.4 is 10.6 Å². The van der Waals surface area contributed by atoms with Crippen LogP contribution in [0.2, 0.25) is 0 Å². The van der Waals surface area contributed by atoms with Gasteiger partial charge in [0.2, 0.25) is 11.8 Å². The Morgan fingerprint density at radius 3 is 2.19 bits per heavy atom. The molecule has 21 heavy (non-hydrogen) atoms. The molecule has 6 heteroatoms. The van der Waals surface area contributed by atoms with Gasteiger partial charge in [0.25, 0.3) is 0 Å². The van der Waals surface area contributed by atoms with Crippen LogP contribution in [-0.4, -0.2) is 28.4 Å². The molecule has 0 saturated carbocycles. The van der Waals surface area contributed by atoms with Gasteiger partial charge in [0.1, 0.15) is 0 Å². The van der Waals surface area contributed by atoms with E-state index in [1.54, 1.807) is 38.1 Å². The van der Waals surface area contributed by atoms with E-state index in [2.05, 4.69) is 10.6 Å². The SMILES string of the molecule is CC(=O)Nc1ccc(CC(=O)NC(C)(C)CC(=O)O)cc1. The van der Waals surface area contributed by atoms with Gasteiger partial charge in [-0.1, -0.05) is 12.1 Å². The number of carboxylic acid groups (broad SMARTS) is 1. The van der Waals surface area contributed by atoms with Crippen molar-refractivity contribution in [3.63, 3.8) is 0 Å². The zero-order chi connectivity index (χ0) is 16.0. The summed E-state index contributed by atoms with van der Waals surface area (Å²) in [4.78, 5) is 33.5. The van der Waals surface area contributed by atoms with Crippen molar-refractivity contribution in [1.29, 1.82) is 0 Å². The summed E-state index contributed by atoms with van der Waals surface area (Å²) in [5.74, 6) is -1.36. The molecule has 0 aliphatic heterocycles. The average Bonchev–Trinajstić information content (AvgIpc) is 2.28. The largest absolute Gasteiger partial charge is 0.481 e. The Morgan fingerprint density at radius 1 is 1.14 bits per heavy atom. The Labute approximate surface area is 123 Å². The Kier molecular flexibility index (Phi) is 5.46. The van der Waals surface area contributed by atoms with Crippen molar-refractivity contribution < 1.29 is 19.5 Å². The van der Waals surface area contributed by atoms with Gasteiger partial charge in [-0.3, -0.25) is 14.4 Å². The zero-order valence-electron chi connectivity index (χ0n) is 12.4. The third-order valence-electron chi connectivity index (χ3n) is 2.71. The first-order valence-corrected chi connectivity index (χ1v) is 6.57. The third kappa shape index (κ3) is 6.56. The van der Waals surface area contributed by atoms with Gasteiger partial charge in [-0.2, -0.15) is 0 Å². The predicted octanol–water partition coefficient (Wildman–Crippen LogP) is 1.56. The minimum Gasteiger partial charge on any atom is -0.481 e. The third-order valence-corrected chi connectivity index (χ3v) is 2.71. The number of carboxylic acids is 1. The smallest absolute Gasteiger partial charge is 0.305 e. The molecule has 0 fully saturated rings. The molecule has 3 N–H and O–H groups in total. The summed E-state index contributed by atoms with van der Waals surface area (Å²) in [5, 5.41) is 14.1. The van der Waals surface area contributed by atoms with E-state index in [1.807, 2.05) is 0 Å². The van der Waals surface area contributed by atoms with Crippen molar-refractivity contribution in [3.8, 4) is 0 Å². The molecule has 6 nitrogen and oxygen atoms in total. The fourth-order valence-corrected chi connectivity index (χ4v) is 1.94. The van der Waals surface area contributed by atoms with Gasteiger partial charge in [-0.15, -0.1) is 0 Å². The molecule has 1 aromatic carbocycles. The molecule has 0 bridgehead atoms. The van der Waals surface area contributed by atoms with Crippen LogP contribution in [0.15, 0.2) is 24.3 Å². The second-order valence-electron chi connectivity index (χ2n) is 5.56. The highest BCUT2D eigenvalue weighted by Crippen LogP contribution is 2.12. The van der Waals surface area contributed by atoms with Crippen LogP contribution in [0.5, 0.6) is 0 Å². The number of benzene rings is 1. The first-order valence-electron chi connectivity index (χ1n) is 6.57. The maximum atomic E-state index is 11.9. The molecule has 0 atom stereocenters. The molecule has 0 aliphatic rings. The molecule has 0 aromatic heterocycles.